The first kappa shape index (κ1) is 21.7. The topological polar surface area (TPSA) is 132 Å². The summed E-state index contributed by atoms with van der Waals surface area (Å²) in [5.74, 6) is -2.95. The van der Waals surface area contributed by atoms with Crippen molar-refractivity contribution in [1.82, 2.24) is 14.6 Å². The second-order valence-corrected chi connectivity index (χ2v) is 8.37. The fourth-order valence-corrected chi connectivity index (χ4v) is 4.62. The number of carbonyl (C=O) groups is 2. The van der Waals surface area contributed by atoms with Gasteiger partial charge in [-0.25, -0.2) is 12.8 Å². The minimum atomic E-state index is -4.57. The van der Waals surface area contributed by atoms with E-state index < -0.39 is 38.6 Å². The monoisotopic (exact) mass is 436 g/mol. The number of sulfonamides is 1. The molecule has 30 heavy (non-hydrogen) atoms. The number of primary amides is 1. The Balaban J connectivity index is 2.03. The number of carbonyl (C=O) groups excluding carboxylic acids is 2. The van der Waals surface area contributed by atoms with Gasteiger partial charge in [-0.1, -0.05) is 6.07 Å². The molecule has 3 rings (SSSR count). The van der Waals surface area contributed by atoms with Gasteiger partial charge in [0.1, 0.15) is 16.5 Å². The highest BCUT2D eigenvalue weighted by atomic mass is 32.2. The predicted octanol–water partition coefficient (Wildman–Crippen LogP) is 0.651. The molecular weight excluding hydrogens is 415 g/mol. The third-order valence-electron chi connectivity index (χ3n) is 4.68. The lowest BCUT2D eigenvalue weighted by Crippen LogP contribution is -2.54. The van der Waals surface area contributed by atoms with Gasteiger partial charge < -0.3 is 15.4 Å². The number of amides is 2. The normalized spacial score (nSPS) is 15.1. The van der Waals surface area contributed by atoms with Gasteiger partial charge in [0, 0.05) is 24.8 Å². The number of hydrogen-bond acceptors (Lipinski definition) is 6. The summed E-state index contributed by atoms with van der Waals surface area (Å²) in [5, 5.41) is 0. The summed E-state index contributed by atoms with van der Waals surface area (Å²) in [6.45, 7) is 0.800. The van der Waals surface area contributed by atoms with Crippen LogP contribution in [0.3, 0.4) is 0 Å². The summed E-state index contributed by atoms with van der Waals surface area (Å²) in [4.78, 5) is 29.3. The standard InChI is InChI=1S/C19H21FN4O5S/c1-29-17-13(14-6-2-3-7-22-14)10-12(20)11-15(17)30(27,28)23-16(18(21)25)19(26)24-8-4-5-9-24/h2-3,6-7,10-11,16,23H,4-5,8-9H2,1H3,(H2,21,25)/t16-/m0/s1. The second-order valence-electron chi connectivity index (χ2n) is 6.69. The van der Waals surface area contributed by atoms with E-state index in [0.29, 0.717) is 13.1 Å². The zero-order chi connectivity index (χ0) is 21.9. The first-order valence-corrected chi connectivity index (χ1v) is 10.6. The quantitative estimate of drug-likeness (QED) is 0.613. The van der Waals surface area contributed by atoms with Crippen molar-refractivity contribution in [1.29, 1.82) is 0 Å². The minimum absolute atomic E-state index is 0.0972. The van der Waals surface area contributed by atoms with E-state index >= 15 is 0 Å². The number of likely N-dealkylation sites (tertiary alicyclic amines) is 1. The summed E-state index contributed by atoms with van der Waals surface area (Å²) in [5.41, 5.74) is 5.66. The van der Waals surface area contributed by atoms with E-state index in [2.05, 4.69) is 4.98 Å². The zero-order valence-corrected chi connectivity index (χ0v) is 17.0. The maximum absolute atomic E-state index is 14.3. The fraction of sp³-hybridized carbons (Fsp3) is 0.316. The molecule has 0 saturated carbocycles. The van der Waals surface area contributed by atoms with Crippen LogP contribution in [0.15, 0.2) is 41.4 Å². The van der Waals surface area contributed by atoms with Gasteiger partial charge in [0.15, 0.2) is 6.04 Å². The molecule has 2 aromatic rings. The van der Waals surface area contributed by atoms with Crippen molar-refractivity contribution >= 4 is 21.8 Å². The number of pyridine rings is 1. The Kier molecular flexibility index (Phi) is 6.32. The number of benzene rings is 1. The van der Waals surface area contributed by atoms with Crippen molar-refractivity contribution in [3.63, 3.8) is 0 Å². The summed E-state index contributed by atoms with van der Waals surface area (Å²) >= 11 is 0. The molecule has 1 aromatic carbocycles. The molecule has 3 N–H and O–H groups in total. The van der Waals surface area contributed by atoms with Crippen LogP contribution in [-0.4, -0.2) is 56.4 Å². The first-order chi connectivity index (χ1) is 14.2. The van der Waals surface area contributed by atoms with Gasteiger partial charge in [-0.2, -0.15) is 4.72 Å². The molecule has 160 valence electrons. The molecule has 0 aliphatic carbocycles. The summed E-state index contributed by atoms with van der Waals surface area (Å²) in [6.07, 6.45) is 2.95. The summed E-state index contributed by atoms with van der Waals surface area (Å²) in [6, 6.07) is 4.86. The van der Waals surface area contributed by atoms with Crippen LogP contribution in [-0.2, 0) is 19.6 Å². The van der Waals surface area contributed by atoms with Gasteiger partial charge in [-0.15, -0.1) is 0 Å². The second kappa shape index (κ2) is 8.76. The van der Waals surface area contributed by atoms with Crippen LogP contribution < -0.4 is 15.2 Å². The van der Waals surface area contributed by atoms with E-state index in [4.69, 9.17) is 10.5 Å². The van der Waals surface area contributed by atoms with Crippen LogP contribution in [0.2, 0.25) is 0 Å². The maximum Gasteiger partial charge on any atom is 0.250 e. The largest absolute Gasteiger partial charge is 0.495 e. The van der Waals surface area contributed by atoms with Crippen LogP contribution >= 0.6 is 0 Å². The van der Waals surface area contributed by atoms with Gasteiger partial charge in [0.05, 0.1) is 12.8 Å². The smallest absolute Gasteiger partial charge is 0.250 e. The number of methoxy groups -OCH3 is 1. The average Bonchev–Trinajstić information content (AvgIpc) is 3.26. The third-order valence-corrected chi connectivity index (χ3v) is 6.10. The van der Waals surface area contributed by atoms with Crippen molar-refractivity contribution < 1.29 is 27.1 Å². The van der Waals surface area contributed by atoms with Crippen LogP contribution in [0.4, 0.5) is 4.39 Å². The molecule has 2 heterocycles. The lowest BCUT2D eigenvalue weighted by molar-refractivity contribution is -0.136. The number of rotatable bonds is 7. The fourth-order valence-electron chi connectivity index (χ4n) is 3.26. The van der Waals surface area contributed by atoms with Crippen molar-refractivity contribution in [2.45, 2.75) is 23.8 Å². The Labute approximate surface area is 173 Å². The Bertz CT molecular complexity index is 1060. The molecule has 11 heteroatoms. The summed E-state index contributed by atoms with van der Waals surface area (Å²) < 4.78 is 47.6. The zero-order valence-electron chi connectivity index (χ0n) is 16.2. The molecule has 1 aliphatic heterocycles. The highest BCUT2D eigenvalue weighted by Crippen LogP contribution is 2.35. The van der Waals surface area contributed by atoms with Gasteiger partial charge >= 0.3 is 0 Å². The molecule has 0 spiro atoms. The Morgan fingerprint density at radius 1 is 1.27 bits per heavy atom. The number of nitrogens with zero attached hydrogens (tertiary/aromatic N) is 2. The molecule has 1 saturated heterocycles. The highest BCUT2D eigenvalue weighted by Gasteiger charge is 2.36. The van der Waals surface area contributed by atoms with E-state index in [1.807, 2.05) is 4.72 Å². The molecule has 0 unspecified atom stereocenters. The van der Waals surface area contributed by atoms with Crippen LogP contribution in [0.5, 0.6) is 5.75 Å². The summed E-state index contributed by atoms with van der Waals surface area (Å²) in [7, 11) is -3.34. The Morgan fingerprint density at radius 2 is 1.97 bits per heavy atom. The molecule has 0 radical (unpaired) electrons. The molecule has 9 nitrogen and oxygen atoms in total. The Hall–Kier alpha value is -3.05. The molecule has 1 aromatic heterocycles. The van der Waals surface area contributed by atoms with Crippen molar-refractivity contribution in [2.75, 3.05) is 20.2 Å². The van der Waals surface area contributed by atoms with Crippen molar-refractivity contribution in [2.24, 2.45) is 5.73 Å². The first-order valence-electron chi connectivity index (χ1n) is 9.14. The molecular formula is C19H21FN4O5S. The number of nitrogens with one attached hydrogen (secondary N) is 1. The van der Waals surface area contributed by atoms with Crippen LogP contribution in [0, 0.1) is 5.82 Å². The number of nitrogens with two attached hydrogens (primary N) is 1. The third kappa shape index (κ3) is 4.41. The van der Waals surface area contributed by atoms with E-state index in [0.717, 1.165) is 25.0 Å². The van der Waals surface area contributed by atoms with E-state index in [-0.39, 0.29) is 17.0 Å². The van der Waals surface area contributed by atoms with E-state index in [1.165, 1.54) is 18.2 Å². The van der Waals surface area contributed by atoms with Gasteiger partial charge in [0.2, 0.25) is 21.8 Å². The SMILES string of the molecule is COc1c(-c2ccccn2)cc(F)cc1S(=O)(=O)N[C@@H](C(N)=O)C(=O)N1CCCC1. The number of ether oxygens (including phenoxy) is 1. The number of aromatic nitrogens is 1. The van der Waals surface area contributed by atoms with Gasteiger partial charge in [-0.05, 0) is 37.1 Å². The minimum Gasteiger partial charge on any atom is -0.495 e. The van der Waals surface area contributed by atoms with Crippen LogP contribution in [0.1, 0.15) is 12.8 Å². The lowest BCUT2D eigenvalue weighted by atomic mass is 10.1. The van der Waals surface area contributed by atoms with Crippen molar-refractivity contribution in [3.05, 3.63) is 42.3 Å². The Morgan fingerprint density at radius 3 is 2.53 bits per heavy atom. The molecule has 1 aliphatic rings. The molecule has 1 fully saturated rings. The van der Waals surface area contributed by atoms with E-state index in [1.54, 1.807) is 18.2 Å². The van der Waals surface area contributed by atoms with Gasteiger partial charge in [0.25, 0.3) is 0 Å². The predicted molar refractivity (Wildman–Crippen MR) is 105 cm³/mol. The molecule has 2 amide bonds. The van der Waals surface area contributed by atoms with Gasteiger partial charge in [-0.3, -0.25) is 14.6 Å². The number of halogens is 1. The van der Waals surface area contributed by atoms with E-state index in [9.17, 15) is 22.4 Å². The molecule has 1 atom stereocenters. The maximum atomic E-state index is 14.3. The van der Waals surface area contributed by atoms with Crippen molar-refractivity contribution in [3.8, 4) is 17.0 Å². The highest BCUT2D eigenvalue weighted by molar-refractivity contribution is 7.89. The van der Waals surface area contributed by atoms with Crippen LogP contribution in [0.25, 0.3) is 11.3 Å². The average molecular weight is 436 g/mol. The number of hydrogen-bond donors (Lipinski definition) is 2. The lowest BCUT2D eigenvalue weighted by Gasteiger charge is -2.22. The molecule has 0 bridgehead atoms.